The first-order valence-corrected chi connectivity index (χ1v) is 13.6. The van der Waals surface area contributed by atoms with Crippen molar-refractivity contribution in [2.24, 2.45) is 0 Å². The van der Waals surface area contributed by atoms with Crippen molar-refractivity contribution in [3.05, 3.63) is 34.9 Å². The van der Waals surface area contributed by atoms with E-state index in [0.29, 0.717) is 18.5 Å². The molecule has 0 fully saturated rings. The Kier molecular flexibility index (Phi) is 13.9. The lowest BCUT2D eigenvalue weighted by molar-refractivity contribution is -0.144. The number of carbonyl (C=O) groups excluding carboxylic acids is 4. The van der Waals surface area contributed by atoms with Gasteiger partial charge in [0.05, 0.1) is 13.0 Å². The highest BCUT2D eigenvalue weighted by Gasteiger charge is 2.35. The second-order valence-corrected chi connectivity index (χ2v) is 10.5. The van der Waals surface area contributed by atoms with E-state index < -0.39 is 35.7 Å². The van der Waals surface area contributed by atoms with Gasteiger partial charge in [0.15, 0.2) is 0 Å². The Morgan fingerprint density at radius 3 is 2.32 bits per heavy atom. The van der Waals surface area contributed by atoms with Crippen molar-refractivity contribution < 1.29 is 28.7 Å². The Balaban J connectivity index is 3.34. The van der Waals surface area contributed by atoms with Crippen molar-refractivity contribution in [1.82, 2.24) is 15.5 Å². The number of aryl methyl sites for hydroxylation is 1. The summed E-state index contributed by atoms with van der Waals surface area (Å²) < 4.78 is 10.3. The number of unbranched alkanes of at least 4 members (excludes halogenated alkanes) is 3. The molecule has 2 atom stereocenters. The first-order chi connectivity index (χ1) is 17.8. The van der Waals surface area contributed by atoms with E-state index in [1.165, 1.54) is 0 Å². The lowest BCUT2D eigenvalue weighted by atomic mass is 9.94. The van der Waals surface area contributed by atoms with Gasteiger partial charge in [-0.3, -0.25) is 14.4 Å². The monoisotopic (exact) mass is 533 g/mol. The van der Waals surface area contributed by atoms with E-state index in [1.54, 1.807) is 39.5 Å². The van der Waals surface area contributed by atoms with E-state index in [4.69, 9.17) is 9.47 Å². The fraction of sp³-hybridized carbons (Fsp3) is 0.655. The molecule has 9 nitrogen and oxygen atoms in total. The fourth-order valence-electron chi connectivity index (χ4n) is 4.01. The molecule has 0 saturated heterocycles. The lowest BCUT2D eigenvalue weighted by Crippen LogP contribution is -2.52. The zero-order valence-electron chi connectivity index (χ0n) is 24.4. The molecule has 0 spiro atoms. The summed E-state index contributed by atoms with van der Waals surface area (Å²) in [5.74, 6) is -1.19. The molecule has 0 saturated carbocycles. The van der Waals surface area contributed by atoms with Gasteiger partial charge in [0.25, 0.3) is 0 Å². The third kappa shape index (κ3) is 11.1. The first-order valence-electron chi connectivity index (χ1n) is 13.6. The van der Waals surface area contributed by atoms with Gasteiger partial charge in [-0.25, -0.2) is 4.79 Å². The molecule has 0 bridgehead atoms. The van der Waals surface area contributed by atoms with Gasteiger partial charge in [-0.05, 0) is 71.6 Å². The summed E-state index contributed by atoms with van der Waals surface area (Å²) in [6.07, 6.45) is 2.97. The minimum atomic E-state index is -0.936. The van der Waals surface area contributed by atoms with Crippen LogP contribution in [0.1, 0.15) is 96.4 Å². The van der Waals surface area contributed by atoms with E-state index in [0.717, 1.165) is 30.4 Å². The zero-order valence-corrected chi connectivity index (χ0v) is 24.4. The van der Waals surface area contributed by atoms with Crippen LogP contribution >= 0.6 is 0 Å². The first kappa shape index (κ1) is 32.9. The molecule has 0 aliphatic carbocycles. The summed E-state index contributed by atoms with van der Waals surface area (Å²) in [5.41, 5.74) is 1.88. The topological polar surface area (TPSA) is 114 Å². The number of hydrogen-bond acceptors (Lipinski definition) is 6. The average molecular weight is 534 g/mol. The third-order valence-electron chi connectivity index (χ3n) is 6.07. The molecule has 1 rings (SSSR count). The number of nitrogens with one attached hydrogen (secondary N) is 2. The van der Waals surface area contributed by atoms with E-state index in [9.17, 15) is 19.2 Å². The summed E-state index contributed by atoms with van der Waals surface area (Å²) in [6, 6.07) is 3.80. The molecular weight excluding hydrogens is 486 g/mol. The molecule has 0 aliphatic rings. The Bertz CT molecular complexity index is 941. The number of amides is 3. The second kappa shape index (κ2) is 16.0. The number of ether oxygens (including phenoxy) is 2. The molecule has 0 aliphatic heterocycles. The van der Waals surface area contributed by atoms with Crippen molar-refractivity contribution in [1.29, 1.82) is 0 Å². The van der Waals surface area contributed by atoms with Crippen LogP contribution < -0.4 is 10.6 Å². The highest BCUT2D eigenvalue weighted by atomic mass is 16.6. The molecule has 9 heteroatoms. The molecule has 2 N–H and O–H groups in total. The van der Waals surface area contributed by atoms with Crippen LogP contribution in [0, 0.1) is 13.8 Å². The van der Waals surface area contributed by atoms with Crippen LogP contribution in [-0.2, 0) is 23.9 Å². The minimum absolute atomic E-state index is 0.0279. The summed E-state index contributed by atoms with van der Waals surface area (Å²) in [7, 11) is 0. The molecule has 3 amide bonds. The highest BCUT2D eigenvalue weighted by molar-refractivity contribution is 5.92. The maximum absolute atomic E-state index is 13.8. The van der Waals surface area contributed by atoms with E-state index >= 15 is 0 Å². The van der Waals surface area contributed by atoms with E-state index in [2.05, 4.69) is 17.6 Å². The summed E-state index contributed by atoms with van der Waals surface area (Å²) in [4.78, 5) is 53.2. The molecule has 2 unspecified atom stereocenters. The molecule has 0 heterocycles. The van der Waals surface area contributed by atoms with Crippen molar-refractivity contribution in [2.75, 3.05) is 19.7 Å². The van der Waals surface area contributed by atoms with Crippen LogP contribution in [0.2, 0.25) is 0 Å². The van der Waals surface area contributed by atoms with Crippen LogP contribution in [0.3, 0.4) is 0 Å². The fourth-order valence-corrected chi connectivity index (χ4v) is 4.01. The number of esters is 1. The van der Waals surface area contributed by atoms with Gasteiger partial charge in [0.2, 0.25) is 11.8 Å². The van der Waals surface area contributed by atoms with Crippen molar-refractivity contribution >= 4 is 23.9 Å². The Morgan fingerprint density at radius 2 is 1.71 bits per heavy atom. The predicted octanol–water partition coefficient (Wildman–Crippen LogP) is 4.74. The smallest absolute Gasteiger partial charge is 0.408 e. The van der Waals surface area contributed by atoms with Crippen LogP contribution in [0.15, 0.2) is 18.2 Å². The Labute approximate surface area is 228 Å². The maximum atomic E-state index is 13.8. The normalized spacial score (nSPS) is 12.7. The molecular formula is C29H47N3O6. The quantitative estimate of drug-likeness (QED) is 0.264. The molecule has 1 aromatic rings. The van der Waals surface area contributed by atoms with Crippen molar-refractivity contribution in [3.8, 4) is 0 Å². The summed E-state index contributed by atoms with van der Waals surface area (Å²) in [5, 5.41) is 5.44. The SMILES string of the molecule is CCCCCCN(C(=O)C(C)NC(=O)OC(C)(C)C)C(C(=O)NCCC(=O)OCC)c1cccc(C)c1C. The standard InChI is InChI=1S/C29H47N3O6/c1-9-11-12-13-19-32(27(35)22(5)31-28(36)38-29(6,7)8)25(23-16-14-15-20(3)21(23)4)26(34)30-18-17-24(33)37-10-2/h14-16,22,25H,9-13,17-19H2,1-8H3,(H,30,34)(H,31,36). The van der Waals surface area contributed by atoms with Gasteiger partial charge in [-0.2, -0.15) is 0 Å². The highest BCUT2D eigenvalue weighted by Crippen LogP contribution is 2.28. The molecule has 38 heavy (non-hydrogen) atoms. The van der Waals surface area contributed by atoms with E-state index in [1.807, 2.05) is 32.0 Å². The molecule has 1 aromatic carbocycles. The number of nitrogens with zero attached hydrogens (tertiary/aromatic N) is 1. The van der Waals surface area contributed by atoms with Crippen LogP contribution in [0.5, 0.6) is 0 Å². The minimum Gasteiger partial charge on any atom is -0.466 e. The lowest BCUT2D eigenvalue weighted by Gasteiger charge is -2.34. The predicted molar refractivity (Wildman–Crippen MR) is 148 cm³/mol. The number of hydrogen-bond donors (Lipinski definition) is 2. The van der Waals surface area contributed by atoms with Crippen LogP contribution in [0.4, 0.5) is 4.79 Å². The molecule has 0 aromatic heterocycles. The number of benzene rings is 1. The summed E-state index contributed by atoms with van der Waals surface area (Å²) in [6.45, 7) is 15.2. The van der Waals surface area contributed by atoms with E-state index in [-0.39, 0.29) is 25.5 Å². The van der Waals surface area contributed by atoms with Crippen LogP contribution in [0.25, 0.3) is 0 Å². The Hall–Kier alpha value is -3.10. The van der Waals surface area contributed by atoms with Crippen molar-refractivity contribution in [3.63, 3.8) is 0 Å². The maximum Gasteiger partial charge on any atom is 0.408 e. The van der Waals surface area contributed by atoms with Gasteiger partial charge in [-0.1, -0.05) is 44.4 Å². The second-order valence-electron chi connectivity index (χ2n) is 10.5. The van der Waals surface area contributed by atoms with Gasteiger partial charge in [-0.15, -0.1) is 0 Å². The number of carbonyl (C=O) groups is 4. The largest absolute Gasteiger partial charge is 0.466 e. The zero-order chi connectivity index (χ0) is 28.9. The number of rotatable bonds is 14. The van der Waals surface area contributed by atoms with Gasteiger partial charge < -0.3 is 25.0 Å². The van der Waals surface area contributed by atoms with Gasteiger partial charge in [0, 0.05) is 13.1 Å². The van der Waals surface area contributed by atoms with Gasteiger partial charge >= 0.3 is 12.1 Å². The molecule has 0 radical (unpaired) electrons. The summed E-state index contributed by atoms with van der Waals surface area (Å²) >= 11 is 0. The average Bonchev–Trinajstić information content (AvgIpc) is 2.81. The van der Waals surface area contributed by atoms with Gasteiger partial charge in [0.1, 0.15) is 17.7 Å². The van der Waals surface area contributed by atoms with Crippen molar-refractivity contribution in [2.45, 2.75) is 105 Å². The number of alkyl carbamates (subject to hydrolysis) is 1. The van der Waals surface area contributed by atoms with Crippen LogP contribution in [-0.4, -0.2) is 60.1 Å². The third-order valence-corrected chi connectivity index (χ3v) is 6.07. The molecule has 214 valence electrons. The Morgan fingerprint density at radius 1 is 1.03 bits per heavy atom.